The van der Waals surface area contributed by atoms with Gasteiger partial charge in [0.1, 0.15) is 0 Å². The van der Waals surface area contributed by atoms with Gasteiger partial charge in [0.25, 0.3) is 5.91 Å². The molecule has 1 aromatic rings. The number of carbonyl (C=O) groups is 2. The first-order valence-electron chi connectivity index (χ1n) is 7.60. The highest BCUT2D eigenvalue weighted by Crippen LogP contribution is 2.23. The van der Waals surface area contributed by atoms with Gasteiger partial charge in [-0.05, 0) is 36.3 Å². The minimum atomic E-state index is 0.0136. The second kappa shape index (κ2) is 6.05. The Hall–Kier alpha value is -1.56. The Balaban J connectivity index is 1.71. The summed E-state index contributed by atoms with van der Waals surface area (Å²) >= 11 is 1.53. The maximum absolute atomic E-state index is 12.7. The zero-order valence-corrected chi connectivity index (χ0v) is 13.1. The summed E-state index contributed by atoms with van der Waals surface area (Å²) in [5, 5.41) is 4.83. The molecule has 0 aromatic carbocycles. The van der Waals surface area contributed by atoms with Crippen LogP contribution in [0.1, 0.15) is 35.0 Å². The van der Waals surface area contributed by atoms with Crippen molar-refractivity contribution in [2.45, 2.75) is 32.2 Å². The number of likely N-dealkylation sites (tertiary alicyclic amines) is 1. The summed E-state index contributed by atoms with van der Waals surface area (Å²) in [5.41, 5.74) is 1.13. The van der Waals surface area contributed by atoms with Gasteiger partial charge in [0.2, 0.25) is 0 Å². The van der Waals surface area contributed by atoms with E-state index in [1.54, 1.807) is 0 Å². The second-order valence-corrected chi connectivity index (χ2v) is 6.52. The molecule has 3 heterocycles. The molecule has 2 aliphatic heterocycles. The molecule has 2 aliphatic rings. The number of carbonyl (C=O) groups excluding carboxylic acids is 2. The number of rotatable bonds is 3. The van der Waals surface area contributed by atoms with Crippen molar-refractivity contribution < 1.29 is 9.59 Å². The number of hydrogen-bond donors (Lipinski definition) is 1. The maximum atomic E-state index is 12.7. The van der Waals surface area contributed by atoms with E-state index in [1.807, 2.05) is 21.2 Å². The van der Waals surface area contributed by atoms with Gasteiger partial charge in [0.15, 0.2) is 0 Å². The van der Waals surface area contributed by atoms with Gasteiger partial charge in [0, 0.05) is 26.2 Å². The molecule has 114 valence electrons. The van der Waals surface area contributed by atoms with Gasteiger partial charge in [-0.2, -0.15) is 0 Å². The molecule has 0 bridgehead atoms. The first-order valence-corrected chi connectivity index (χ1v) is 8.48. The monoisotopic (exact) mass is 307 g/mol. The first kappa shape index (κ1) is 14.4. The number of piperidine rings is 1. The van der Waals surface area contributed by atoms with Gasteiger partial charge in [-0.1, -0.05) is 6.92 Å². The summed E-state index contributed by atoms with van der Waals surface area (Å²) in [6.45, 7) is 5.00. The highest BCUT2D eigenvalue weighted by atomic mass is 32.1. The average molecular weight is 307 g/mol. The van der Waals surface area contributed by atoms with Crippen molar-refractivity contribution in [3.63, 3.8) is 0 Å². The quantitative estimate of drug-likeness (QED) is 0.928. The highest BCUT2D eigenvalue weighted by molar-refractivity contribution is 7.12. The summed E-state index contributed by atoms with van der Waals surface area (Å²) < 4.78 is 0. The van der Waals surface area contributed by atoms with Crippen LogP contribution in [-0.4, -0.2) is 54.0 Å². The lowest BCUT2D eigenvalue weighted by atomic mass is 10.0. The molecule has 5 nitrogen and oxygen atoms in total. The lowest BCUT2D eigenvalue weighted by Crippen LogP contribution is -2.50. The number of urea groups is 1. The van der Waals surface area contributed by atoms with Crippen LogP contribution in [0.3, 0.4) is 0 Å². The number of aryl methyl sites for hydroxylation is 1. The fourth-order valence-electron chi connectivity index (χ4n) is 3.17. The van der Waals surface area contributed by atoms with Gasteiger partial charge < -0.3 is 15.1 Å². The van der Waals surface area contributed by atoms with Crippen LogP contribution < -0.4 is 5.32 Å². The lowest BCUT2D eigenvalue weighted by molar-refractivity contribution is 0.0638. The third kappa shape index (κ3) is 2.77. The molecule has 1 atom stereocenters. The Kier molecular flexibility index (Phi) is 4.14. The van der Waals surface area contributed by atoms with Crippen LogP contribution in [0.25, 0.3) is 0 Å². The van der Waals surface area contributed by atoms with E-state index >= 15 is 0 Å². The van der Waals surface area contributed by atoms with Crippen LogP contribution in [0.15, 0.2) is 11.4 Å². The minimum absolute atomic E-state index is 0.0136. The fourth-order valence-corrected chi connectivity index (χ4v) is 4.14. The van der Waals surface area contributed by atoms with Gasteiger partial charge in [0.05, 0.1) is 10.9 Å². The third-order valence-corrected chi connectivity index (χ3v) is 5.28. The smallest absolute Gasteiger partial charge is 0.317 e. The van der Waals surface area contributed by atoms with Crippen LogP contribution in [0.5, 0.6) is 0 Å². The van der Waals surface area contributed by atoms with Gasteiger partial charge in [-0.15, -0.1) is 11.3 Å². The van der Waals surface area contributed by atoms with Crippen LogP contribution in [-0.2, 0) is 6.42 Å². The Morgan fingerprint density at radius 2 is 2.33 bits per heavy atom. The number of nitrogens with zero attached hydrogens (tertiary/aromatic N) is 2. The molecule has 6 heteroatoms. The van der Waals surface area contributed by atoms with Crippen molar-refractivity contribution >= 4 is 23.3 Å². The summed E-state index contributed by atoms with van der Waals surface area (Å²) in [7, 11) is 0. The third-order valence-electron chi connectivity index (χ3n) is 4.34. The van der Waals surface area contributed by atoms with Crippen LogP contribution >= 0.6 is 11.3 Å². The van der Waals surface area contributed by atoms with Gasteiger partial charge >= 0.3 is 6.03 Å². The Morgan fingerprint density at radius 3 is 3.05 bits per heavy atom. The molecule has 0 saturated carbocycles. The standard InChI is InChI=1S/C15H21N3O2S/c1-2-11-5-9-21-13(11)14(19)17-7-3-4-12(10-17)18-8-6-16-15(18)20/h5,9,12H,2-4,6-8,10H2,1H3,(H,16,20). The van der Waals surface area contributed by atoms with Gasteiger partial charge in [-0.3, -0.25) is 4.79 Å². The van der Waals surface area contributed by atoms with E-state index in [9.17, 15) is 9.59 Å². The molecular formula is C15H21N3O2S. The van der Waals surface area contributed by atoms with E-state index in [1.165, 1.54) is 11.3 Å². The van der Waals surface area contributed by atoms with E-state index in [0.717, 1.165) is 42.8 Å². The van der Waals surface area contributed by atoms with Crippen molar-refractivity contribution in [3.8, 4) is 0 Å². The van der Waals surface area contributed by atoms with Crippen molar-refractivity contribution in [1.29, 1.82) is 0 Å². The molecule has 2 saturated heterocycles. The number of hydrogen-bond acceptors (Lipinski definition) is 3. The largest absolute Gasteiger partial charge is 0.336 e. The predicted octanol–water partition coefficient (Wildman–Crippen LogP) is 1.94. The molecule has 1 N–H and O–H groups in total. The number of amides is 3. The number of thiophene rings is 1. The Bertz CT molecular complexity index is 543. The molecule has 1 unspecified atom stereocenters. The van der Waals surface area contributed by atoms with Crippen molar-refractivity contribution in [3.05, 3.63) is 21.9 Å². The molecule has 1 aromatic heterocycles. The van der Waals surface area contributed by atoms with E-state index < -0.39 is 0 Å². The first-order chi connectivity index (χ1) is 10.2. The van der Waals surface area contributed by atoms with Crippen molar-refractivity contribution in [2.24, 2.45) is 0 Å². The van der Waals surface area contributed by atoms with Crippen LogP contribution in [0.4, 0.5) is 4.79 Å². The van der Waals surface area contributed by atoms with E-state index in [2.05, 4.69) is 12.2 Å². The predicted molar refractivity (Wildman–Crippen MR) is 82.7 cm³/mol. The molecule has 0 radical (unpaired) electrons. The SMILES string of the molecule is CCc1ccsc1C(=O)N1CCCC(N2CCNC2=O)C1. The van der Waals surface area contributed by atoms with E-state index in [0.29, 0.717) is 13.1 Å². The topological polar surface area (TPSA) is 52.7 Å². The van der Waals surface area contributed by atoms with Gasteiger partial charge in [-0.25, -0.2) is 4.79 Å². The summed E-state index contributed by atoms with van der Waals surface area (Å²) in [5.74, 6) is 0.131. The summed E-state index contributed by atoms with van der Waals surface area (Å²) in [6, 6.07) is 2.21. The van der Waals surface area contributed by atoms with E-state index in [4.69, 9.17) is 0 Å². The molecule has 3 amide bonds. The highest BCUT2D eigenvalue weighted by Gasteiger charge is 2.33. The molecule has 3 rings (SSSR count). The normalized spacial score (nSPS) is 22.5. The summed E-state index contributed by atoms with van der Waals surface area (Å²) in [4.78, 5) is 29.2. The average Bonchev–Trinajstić information content (AvgIpc) is 3.15. The van der Waals surface area contributed by atoms with Crippen molar-refractivity contribution in [1.82, 2.24) is 15.1 Å². The zero-order chi connectivity index (χ0) is 14.8. The van der Waals surface area contributed by atoms with E-state index in [-0.39, 0.29) is 18.0 Å². The lowest BCUT2D eigenvalue weighted by Gasteiger charge is -2.37. The van der Waals surface area contributed by atoms with Crippen LogP contribution in [0, 0.1) is 0 Å². The molecule has 0 spiro atoms. The van der Waals surface area contributed by atoms with Crippen molar-refractivity contribution in [2.75, 3.05) is 26.2 Å². The Labute approximate surface area is 128 Å². The zero-order valence-electron chi connectivity index (χ0n) is 12.3. The maximum Gasteiger partial charge on any atom is 0.317 e. The number of nitrogens with one attached hydrogen (secondary N) is 1. The minimum Gasteiger partial charge on any atom is -0.336 e. The fraction of sp³-hybridized carbons (Fsp3) is 0.600. The molecule has 0 aliphatic carbocycles. The molecule has 21 heavy (non-hydrogen) atoms. The second-order valence-electron chi connectivity index (χ2n) is 5.60. The molecule has 2 fully saturated rings. The molecular weight excluding hydrogens is 286 g/mol. The van der Waals surface area contributed by atoms with Crippen LogP contribution in [0.2, 0.25) is 0 Å². The summed E-state index contributed by atoms with van der Waals surface area (Å²) in [6.07, 6.45) is 2.84. The Morgan fingerprint density at radius 1 is 1.48 bits per heavy atom.